The number of nitrogens with one attached hydrogen (secondary N) is 1. The minimum absolute atomic E-state index is 0.000464. The van der Waals surface area contributed by atoms with E-state index in [4.69, 9.17) is 21.1 Å². The number of carbonyl (C=O) groups is 1. The van der Waals surface area contributed by atoms with Gasteiger partial charge in [-0.2, -0.15) is 0 Å². The van der Waals surface area contributed by atoms with Gasteiger partial charge >= 0.3 is 0 Å². The minimum Gasteiger partial charge on any atom is -0.484 e. The summed E-state index contributed by atoms with van der Waals surface area (Å²) in [4.78, 5) is 11.8. The number of carbonyl (C=O) groups excluding carboxylic acids is 1. The monoisotopic (exact) mass is 297 g/mol. The van der Waals surface area contributed by atoms with Crippen LogP contribution in [0.15, 0.2) is 18.2 Å². The van der Waals surface area contributed by atoms with Crippen LogP contribution in [0.5, 0.6) is 5.75 Å². The Morgan fingerprint density at radius 3 is 3.05 bits per heavy atom. The predicted octanol–water partition coefficient (Wildman–Crippen LogP) is 2.71. The van der Waals surface area contributed by atoms with Gasteiger partial charge in [-0.15, -0.1) is 0 Å². The third kappa shape index (κ3) is 4.12. The number of ether oxygens (including phenoxy) is 2. The molecule has 2 rings (SSSR count). The topological polar surface area (TPSA) is 47.6 Å². The van der Waals surface area contributed by atoms with E-state index in [-0.39, 0.29) is 24.7 Å². The third-order valence-corrected chi connectivity index (χ3v) is 3.64. The molecule has 1 saturated heterocycles. The Morgan fingerprint density at radius 2 is 2.40 bits per heavy atom. The summed E-state index contributed by atoms with van der Waals surface area (Å²) in [6, 6.07) is 5.34. The largest absolute Gasteiger partial charge is 0.484 e. The van der Waals surface area contributed by atoms with Gasteiger partial charge in [0.1, 0.15) is 5.75 Å². The lowest BCUT2D eigenvalue weighted by Crippen LogP contribution is -2.42. The van der Waals surface area contributed by atoms with Crippen molar-refractivity contribution in [2.45, 2.75) is 38.8 Å². The van der Waals surface area contributed by atoms with Gasteiger partial charge in [-0.05, 0) is 50.5 Å². The van der Waals surface area contributed by atoms with Crippen molar-refractivity contribution in [3.63, 3.8) is 0 Å². The number of rotatable bonds is 5. The zero-order chi connectivity index (χ0) is 14.5. The molecule has 4 nitrogen and oxygen atoms in total. The normalized spacial score (nSPS) is 19.6. The molecule has 0 unspecified atom stereocenters. The highest BCUT2D eigenvalue weighted by molar-refractivity contribution is 6.30. The van der Waals surface area contributed by atoms with Crippen molar-refractivity contribution in [2.75, 3.05) is 13.2 Å². The zero-order valence-corrected chi connectivity index (χ0v) is 12.6. The molecule has 1 aromatic carbocycles. The SMILES string of the molecule is Cc1cc(Cl)ccc1OCC(=O)N[C@@H](C)[C@H]1CCCO1. The molecule has 0 aliphatic carbocycles. The molecular formula is C15H20ClNO3. The summed E-state index contributed by atoms with van der Waals surface area (Å²) < 4.78 is 11.0. The number of benzene rings is 1. The van der Waals surface area contributed by atoms with Crippen LogP contribution in [-0.4, -0.2) is 31.3 Å². The van der Waals surface area contributed by atoms with E-state index in [2.05, 4.69) is 5.32 Å². The van der Waals surface area contributed by atoms with Crippen molar-refractivity contribution in [3.05, 3.63) is 28.8 Å². The molecular weight excluding hydrogens is 278 g/mol. The van der Waals surface area contributed by atoms with Gasteiger partial charge in [-0.1, -0.05) is 11.6 Å². The van der Waals surface area contributed by atoms with E-state index in [1.54, 1.807) is 12.1 Å². The summed E-state index contributed by atoms with van der Waals surface area (Å²) in [5.74, 6) is 0.539. The van der Waals surface area contributed by atoms with Crippen LogP contribution in [0.3, 0.4) is 0 Å². The van der Waals surface area contributed by atoms with Crippen LogP contribution in [0, 0.1) is 6.92 Å². The maximum Gasteiger partial charge on any atom is 0.258 e. The number of amides is 1. The van der Waals surface area contributed by atoms with Crippen LogP contribution >= 0.6 is 11.6 Å². The van der Waals surface area contributed by atoms with Crippen molar-refractivity contribution in [3.8, 4) is 5.75 Å². The first-order chi connectivity index (χ1) is 9.56. The molecule has 1 aliphatic heterocycles. The molecule has 1 aliphatic rings. The second-order valence-corrected chi connectivity index (χ2v) is 5.54. The summed E-state index contributed by atoms with van der Waals surface area (Å²) in [7, 11) is 0. The van der Waals surface area contributed by atoms with Crippen LogP contribution in [0.25, 0.3) is 0 Å². The Kier molecular flexibility index (Phi) is 5.26. The van der Waals surface area contributed by atoms with Crippen LogP contribution in [0.4, 0.5) is 0 Å². The molecule has 1 fully saturated rings. The molecule has 2 atom stereocenters. The molecule has 1 N–H and O–H groups in total. The van der Waals surface area contributed by atoms with Gasteiger partial charge < -0.3 is 14.8 Å². The first kappa shape index (κ1) is 15.1. The van der Waals surface area contributed by atoms with Gasteiger partial charge in [0.25, 0.3) is 5.91 Å². The van der Waals surface area contributed by atoms with Gasteiger partial charge in [0.2, 0.25) is 0 Å². The molecule has 110 valence electrons. The summed E-state index contributed by atoms with van der Waals surface area (Å²) >= 11 is 5.87. The Labute approximate surface area is 124 Å². The van der Waals surface area contributed by atoms with E-state index in [1.165, 1.54) is 0 Å². The highest BCUT2D eigenvalue weighted by atomic mass is 35.5. The van der Waals surface area contributed by atoms with Crippen molar-refractivity contribution in [1.29, 1.82) is 0 Å². The van der Waals surface area contributed by atoms with E-state index in [9.17, 15) is 4.79 Å². The van der Waals surface area contributed by atoms with E-state index in [0.29, 0.717) is 10.8 Å². The van der Waals surface area contributed by atoms with Crippen LogP contribution in [-0.2, 0) is 9.53 Å². The molecule has 0 bridgehead atoms. The molecule has 0 spiro atoms. The summed E-state index contributed by atoms with van der Waals surface area (Å²) in [6.07, 6.45) is 2.18. The number of aryl methyl sites for hydroxylation is 1. The fourth-order valence-corrected chi connectivity index (χ4v) is 2.53. The van der Waals surface area contributed by atoms with Crippen LogP contribution < -0.4 is 10.1 Å². The molecule has 1 aromatic rings. The van der Waals surface area contributed by atoms with Crippen molar-refractivity contribution in [2.24, 2.45) is 0 Å². The molecule has 0 aromatic heterocycles. The fraction of sp³-hybridized carbons (Fsp3) is 0.533. The van der Waals surface area contributed by atoms with E-state index in [0.717, 1.165) is 25.0 Å². The number of hydrogen-bond acceptors (Lipinski definition) is 3. The first-order valence-corrected chi connectivity index (χ1v) is 7.24. The molecule has 0 saturated carbocycles. The Bertz CT molecular complexity index is 472. The smallest absolute Gasteiger partial charge is 0.258 e. The summed E-state index contributed by atoms with van der Waals surface area (Å²) in [5, 5.41) is 3.57. The number of hydrogen-bond donors (Lipinski definition) is 1. The second kappa shape index (κ2) is 6.95. The lowest BCUT2D eigenvalue weighted by Gasteiger charge is -2.20. The van der Waals surface area contributed by atoms with E-state index in [1.807, 2.05) is 19.9 Å². The minimum atomic E-state index is -0.137. The van der Waals surface area contributed by atoms with E-state index >= 15 is 0 Å². The molecule has 0 radical (unpaired) electrons. The Morgan fingerprint density at radius 1 is 1.60 bits per heavy atom. The predicted molar refractivity (Wildman–Crippen MR) is 78.3 cm³/mol. The average molecular weight is 298 g/mol. The van der Waals surface area contributed by atoms with Gasteiger partial charge in [0, 0.05) is 11.6 Å². The second-order valence-electron chi connectivity index (χ2n) is 5.11. The summed E-state index contributed by atoms with van der Waals surface area (Å²) in [5.41, 5.74) is 0.914. The average Bonchev–Trinajstić information content (AvgIpc) is 2.91. The number of halogens is 1. The van der Waals surface area contributed by atoms with Gasteiger partial charge in [0.05, 0.1) is 12.1 Å². The molecule has 1 heterocycles. The molecule has 20 heavy (non-hydrogen) atoms. The van der Waals surface area contributed by atoms with Crippen molar-refractivity contribution < 1.29 is 14.3 Å². The highest BCUT2D eigenvalue weighted by Crippen LogP contribution is 2.21. The quantitative estimate of drug-likeness (QED) is 0.909. The lowest BCUT2D eigenvalue weighted by atomic mass is 10.1. The van der Waals surface area contributed by atoms with E-state index < -0.39 is 0 Å². The fourth-order valence-electron chi connectivity index (χ4n) is 2.30. The maximum atomic E-state index is 11.8. The molecule has 1 amide bonds. The first-order valence-electron chi connectivity index (χ1n) is 6.86. The maximum absolute atomic E-state index is 11.8. The van der Waals surface area contributed by atoms with Crippen LogP contribution in [0.1, 0.15) is 25.3 Å². The zero-order valence-electron chi connectivity index (χ0n) is 11.8. The Hall–Kier alpha value is -1.26. The summed E-state index contributed by atoms with van der Waals surface area (Å²) in [6.45, 7) is 4.64. The van der Waals surface area contributed by atoms with Crippen molar-refractivity contribution in [1.82, 2.24) is 5.32 Å². The van der Waals surface area contributed by atoms with Gasteiger partial charge in [-0.3, -0.25) is 4.79 Å². The highest BCUT2D eigenvalue weighted by Gasteiger charge is 2.23. The van der Waals surface area contributed by atoms with Gasteiger partial charge in [-0.25, -0.2) is 0 Å². The van der Waals surface area contributed by atoms with Crippen molar-refractivity contribution >= 4 is 17.5 Å². The molecule has 5 heteroatoms. The third-order valence-electron chi connectivity index (χ3n) is 3.41. The van der Waals surface area contributed by atoms with Gasteiger partial charge in [0.15, 0.2) is 6.61 Å². The lowest BCUT2D eigenvalue weighted by molar-refractivity contribution is -0.124. The standard InChI is InChI=1S/C15H20ClNO3/c1-10-8-12(16)5-6-13(10)20-9-15(18)17-11(2)14-4-3-7-19-14/h5-6,8,11,14H,3-4,7,9H2,1-2H3,(H,17,18)/t11-,14+/m0/s1. The van der Waals surface area contributed by atoms with Crippen LogP contribution in [0.2, 0.25) is 5.02 Å². The Balaban J connectivity index is 1.79.